The van der Waals surface area contributed by atoms with Crippen LogP contribution in [0.4, 0.5) is 5.69 Å². The van der Waals surface area contributed by atoms with E-state index in [1.54, 1.807) is 0 Å². The molecule has 2 heterocycles. The molecule has 1 aliphatic carbocycles. The van der Waals surface area contributed by atoms with Crippen LogP contribution in [0.5, 0.6) is 0 Å². The van der Waals surface area contributed by atoms with Gasteiger partial charge >= 0.3 is 0 Å². The van der Waals surface area contributed by atoms with E-state index in [1.165, 1.54) is 24.3 Å². The Kier molecular flexibility index (Phi) is 4.68. The van der Waals surface area contributed by atoms with Gasteiger partial charge in [0.05, 0.1) is 29.0 Å². The predicted molar refractivity (Wildman–Crippen MR) is 117 cm³/mol. The second-order valence-electron chi connectivity index (χ2n) is 8.98. The predicted octanol–water partition coefficient (Wildman–Crippen LogP) is 4.50. The van der Waals surface area contributed by atoms with Gasteiger partial charge < -0.3 is 9.47 Å². The number of ether oxygens (including phenoxy) is 2. The van der Waals surface area contributed by atoms with Crippen molar-refractivity contribution in [2.24, 2.45) is 16.7 Å². The van der Waals surface area contributed by atoms with E-state index in [1.807, 2.05) is 42.5 Å². The van der Waals surface area contributed by atoms with Crippen LogP contribution in [0.1, 0.15) is 42.4 Å². The lowest BCUT2D eigenvalue weighted by molar-refractivity contribution is -0.385. The molecule has 9 heteroatoms. The lowest BCUT2D eigenvalue weighted by atomic mass is 9.50. The maximum Gasteiger partial charge on any atom is 0.269 e. The second-order valence-corrected chi connectivity index (χ2v) is 8.98. The monoisotopic (exact) mass is 453 g/mol. The number of nitrogens with one attached hydrogen (secondary N) is 1. The zero-order valence-corrected chi connectivity index (χ0v) is 18.0. The number of nitro groups is 1. The van der Waals surface area contributed by atoms with Crippen LogP contribution in [0.2, 0.25) is 0 Å². The van der Waals surface area contributed by atoms with Gasteiger partial charge in [0.1, 0.15) is 6.10 Å². The lowest BCUT2D eigenvalue weighted by Crippen LogP contribution is -2.60. The first-order valence-corrected chi connectivity index (χ1v) is 10.9. The molecule has 0 spiro atoms. The maximum atomic E-state index is 11.4. The van der Waals surface area contributed by atoms with E-state index in [4.69, 9.17) is 14.9 Å². The van der Waals surface area contributed by atoms with Gasteiger partial charge in [-0.1, -0.05) is 42.5 Å². The molecule has 1 N–H and O–H groups in total. The Balaban J connectivity index is 1.68. The summed E-state index contributed by atoms with van der Waals surface area (Å²) in [5.74, 6) is -2.52. The summed E-state index contributed by atoms with van der Waals surface area (Å²) in [4.78, 5) is 10.8. The largest absolute Gasteiger partial charge is 0.447 e. The zero-order chi connectivity index (χ0) is 24.1. The molecule has 168 valence electrons. The number of rotatable bonds is 3. The molecule has 2 aromatic rings. The van der Waals surface area contributed by atoms with Crippen LogP contribution in [0, 0.1) is 66.3 Å². The number of hydrogen-bond donors (Lipinski definition) is 1. The van der Waals surface area contributed by atoms with Gasteiger partial charge in [-0.2, -0.15) is 15.8 Å². The van der Waals surface area contributed by atoms with E-state index in [2.05, 4.69) is 6.07 Å². The van der Waals surface area contributed by atoms with Gasteiger partial charge in [0.2, 0.25) is 17.1 Å². The number of nitro benzene ring substituents is 1. The van der Waals surface area contributed by atoms with Crippen LogP contribution in [-0.4, -0.2) is 16.6 Å². The molecule has 0 amide bonds. The van der Waals surface area contributed by atoms with Crippen molar-refractivity contribution in [3.8, 4) is 18.2 Å². The average Bonchev–Trinajstić information content (AvgIpc) is 3.07. The highest BCUT2D eigenvalue weighted by Crippen LogP contribution is 2.70. The van der Waals surface area contributed by atoms with E-state index in [0.29, 0.717) is 19.3 Å². The van der Waals surface area contributed by atoms with Gasteiger partial charge in [-0.15, -0.1) is 0 Å². The Morgan fingerprint density at radius 1 is 1.03 bits per heavy atom. The van der Waals surface area contributed by atoms with Gasteiger partial charge in [-0.05, 0) is 29.9 Å². The third kappa shape index (κ3) is 2.58. The normalized spacial score (nSPS) is 32.9. The molecule has 34 heavy (non-hydrogen) atoms. The van der Waals surface area contributed by atoms with E-state index in [0.717, 1.165) is 5.56 Å². The van der Waals surface area contributed by atoms with Crippen molar-refractivity contribution in [3.05, 3.63) is 75.8 Å². The molecule has 1 saturated carbocycles. The van der Waals surface area contributed by atoms with Crippen molar-refractivity contribution in [1.82, 2.24) is 0 Å². The first-order chi connectivity index (χ1) is 16.4. The first-order valence-electron chi connectivity index (χ1n) is 10.9. The van der Waals surface area contributed by atoms with Gasteiger partial charge in [-0.25, -0.2) is 0 Å². The Morgan fingerprint density at radius 2 is 1.74 bits per heavy atom. The van der Waals surface area contributed by atoms with E-state index >= 15 is 0 Å². The number of hydrogen-bond acceptors (Lipinski definition) is 8. The van der Waals surface area contributed by atoms with Crippen molar-refractivity contribution in [2.45, 2.75) is 37.1 Å². The van der Waals surface area contributed by atoms with Crippen molar-refractivity contribution in [1.29, 1.82) is 21.2 Å². The van der Waals surface area contributed by atoms with Crippen molar-refractivity contribution < 1.29 is 14.4 Å². The third-order valence-corrected chi connectivity index (χ3v) is 7.56. The molecule has 2 bridgehead atoms. The van der Waals surface area contributed by atoms with E-state index < -0.39 is 39.5 Å². The minimum Gasteiger partial charge on any atom is -0.447 e. The van der Waals surface area contributed by atoms with Crippen molar-refractivity contribution in [3.63, 3.8) is 0 Å². The molecule has 0 radical (unpaired) electrons. The number of benzene rings is 2. The first kappa shape index (κ1) is 21.6. The Labute approximate surface area is 195 Å². The lowest BCUT2D eigenvalue weighted by Gasteiger charge is -2.52. The van der Waals surface area contributed by atoms with E-state index in [9.17, 15) is 25.9 Å². The van der Waals surface area contributed by atoms with Crippen LogP contribution in [0.25, 0.3) is 0 Å². The molecule has 5 rings (SSSR count). The third-order valence-electron chi connectivity index (χ3n) is 7.56. The van der Waals surface area contributed by atoms with Crippen LogP contribution in [0.3, 0.4) is 0 Å². The standard InChI is InChI=1S/C25H19N5O4/c26-13-23(14-27)21(18-7-4-8-19(11-18)30(31)32)33-25-10-9-17(16-5-2-1-3-6-16)12-20(25)24(23,15-28)22(29)34-25/h1-8,11,17,20-21,29H,9-10,12H2. The highest BCUT2D eigenvalue weighted by atomic mass is 16.7. The van der Waals surface area contributed by atoms with Gasteiger partial charge in [-0.3, -0.25) is 15.5 Å². The Morgan fingerprint density at radius 3 is 2.38 bits per heavy atom. The molecule has 2 aliphatic heterocycles. The fraction of sp³-hybridized carbons (Fsp3) is 0.360. The maximum absolute atomic E-state index is 11.4. The van der Waals surface area contributed by atoms with Crippen molar-refractivity contribution >= 4 is 11.6 Å². The molecular formula is C25H19N5O4. The SMILES string of the molecule is N#CC1(C#N)C(c2cccc([N+](=O)[O-])c2)OC23CCC(c4ccccc4)CC2C1(C#N)C(=N)O3. The summed E-state index contributed by atoms with van der Waals surface area (Å²) in [7, 11) is 0. The summed E-state index contributed by atoms with van der Waals surface area (Å²) in [5, 5.41) is 51.3. The molecule has 5 atom stereocenters. The number of non-ortho nitro benzene ring substituents is 1. The number of nitrogens with zero attached hydrogens (tertiary/aromatic N) is 4. The molecule has 0 aromatic heterocycles. The highest BCUT2D eigenvalue weighted by Gasteiger charge is 2.81. The molecule has 2 saturated heterocycles. The smallest absolute Gasteiger partial charge is 0.269 e. The fourth-order valence-corrected chi connectivity index (χ4v) is 5.97. The quantitative estimate of drug-likeness (QED) is 0.529. The highest BCUT2D eigenvalue weighted by molar-refractivity contribution is 5.89. The van der Waals surface area contributed by atoms with Gasteiger partial charge in [0, 0.05) is 18.6 Å². The molecule has 3 aliphatic rings. The molecule has 9 nitrogen and oxygen atoms in total. The average molecular weight is 453 g/mol. The zero-order valence-electron chi connectivity index (χ0n) is 18.0. The summed E-state index contributed by atoms with van der Waals surface area (Å²) in [6, 6.07) is 21.4. The topological polar surface area (TPSA) is 157 Å². The van der Waals surface area contributed by atoms with E-state index in [-0.39, 0.29) is 17.2 Å². The van der Waals surface area contributed by atoms with Crippen LogP contribution in [-0.2, 0) is 9.47 Å². The number of nitriles is 3. The minimum absolute atomic E-state index is 0.0367. The second kappa shape index (κ2) is 7.38. The summed E-state index contributed by atoms with van der Waals surface area (Å²) in [5.41, 5.74) is -2.98. The summed E-state index contributed by atoms with van der Waals surface area (Å²) in [6.45, 7) is 0. The Hall–Kier alpha value is -4.26. The van der Waals surface area contributed by atoms with Gasteiger partial charge in [0.25, 0.3) is 5.69 Å². The van der Waals surface area contributed by atoms with Crippen LogP contribution < -0.4 is 0 Å². The van der Waals surface area contributed by atoms with Crippen LogP contribution in [0.15, 0.2) is 54.6 Å². The minimum atomic E-state index is -2.14. The molecule has 2 aromatic carbocycles. The van der Waals surface area contributed by atoms with Crippen LogP contribution >= 0.6 is 0 Å². The molecular weight excluding hydrogens is 434 g/mol. The van der Waals surface area contributed by atoms with Crippen molar-refractivity contribution in [2.75, 3.05) is 0 Å². The molecule has 5 unspecified atom stereocenters. The molecule has 3 fully saturated rings. The van der Waals surface area contributed by atoms with Gasteiger partial charge in [0.15, 0.2) is 5.41 Å². The Bertz CT molecular complexity index is 1310. The fourth-order valence-electron chi connectivity index (χ4n) is 5.97. The summed E-state index contributed by atoms with van der Waals surface area (Å²) >= 11 is 0. The summed E-state index contributed by atoms with van der Waals surface area (Å²) < 4.78 is 12.3. The summed E-state index contributed by atoms with van der Waals surface area (Å²) in [6.07, 6.45) is 0.0893.